The molecular weight excluding hydrogens is 344 g/mol. The zero-order valence-electron chi connectivity index (χ0n) is 16.1. The normalized spacial score (nSPS) is 16.7. The largest absolute Gasteiger partial charge is 0.339 e. The Morgan fingerprint density at radius 3 is 2.65 bits per heavy atom. The molecule has 1 aromatic carbocycles. The van der Waals surface area contributed by atoms with Crippen molar-refractivity contribution in [1.82, 2.24) is 19.4 Å². The summed E-state index contributed by atoms with van der Waals surface area (Å²) in [5, 5.41) is 0.723. The molecule has 3 rings (SSSR count). The first-order valence-electron chi connectivity index (χ1n) is 9.29. The van der Waals surface area contributed by atoms with Crippen molar-refractivity contribution in [3.63, 3.8) is 0 Å². The van der Waals surface area contributed by atoms with Gasteiger partial charge in [0.25, 0.3) is 0 Å². The maximum Gasteiger partial charge on any atom is 0.235 e. The average molecular weight is 373 g/mol. The Morgan fingerprint density at radius 1 is 1.23 bits per heavy atom. The van der Waals surface area contributed by atoms with Gasteiger partial charge in [-0.15, -0.1) is 0 Å². The molecule has 1 amide bonds. The van der Waals surface area contributed by atoms with E-state index in [1.807, 2.05) is 18.0 Å². The van der Waals surface area contributed by atoms with Crippen molar-refractivity contribution < 1.29 is 4.79 Å². The molecule has 1 aromatic heterocycles. The van der Waals surface area contributed by atoms with E-state index in [0.29, 0.717) is 0 Å². The molecule has 1 unspecified atom stereocenters. The van der Waals surface area contributed by atoms with Crippen molar-refractivity contribution in [2.45, 2.75) is 38.1 Å². The number of thioether (sulfide) groups is 1. The summed E-state index contributed by atoms with van der Waals surface area (Å²) in [5.41, 5.74) is 3.62. The van der Waals surface area contributed by atoms with Crippen molar-refractivity contribution in [3.8, 4) is 5.69 Å². The summed E-state index contributed by atoms with van der Waals surface area (Å²) < 4.78 is 2.09. The summed E-state index contributed by atoms with van der Waals surface area (Å²) >= 11 is 1.54. The molecule has 1 saturated heterocycles. The van der Waals surface area contributed by atoms with Gasteiger partial charge in [0.05, 0.1) is 10.9 Å². The van der Waals surface area contributed by atoms with E-state index >= 15 is 0 Å². The van der Waals surface area contributed by atoms with Gasteiger partial charge in [-0.05, 0) is 44.5 Å². The monoisotopic (exact) mass is 372 g/mol. The van der Waals surface area contributed by atoms with E-state index < -0.39 is 0 Å². The highest BCUT2D eigenvalue weighted by Crippen LogP contribution is 2.28. The fourth-order valence-electron chi connectivity index (χ4n) is 3.31. The second-order valence-corrected chi connectivity index (χ2v) is 8.13. The molecule has 2 aromatic rings. The highest BCUT2D eigenvalue weighted by molar-refractivity contribution is 8.00. The zero-order chi connectivity index (χ0) is 18.7. The summed E-state index contributed by atoms with van der Waals surface area (Å²) in [5.74, 6) is 0.210. The smallest absolute Gasteiger partial charge is 0.235 e. The predicted molar refractivity (Wildman–Crippen MR) is 107 cm³/mol. The highest BCUT2D eigenvalue weighted by Gasteiger charge is 2.26. The van der Waals surface area contributed by atoms with Gasteiger partial charge in [0.2, 0.25) is 5.91 Å². The lowest BCUT2D eigenvalue weighted by Crippen LogP contribution is -2.50. The van der Waals surface area contributed by atoms with Gasteiger partial charge in [0.15, 0.2) is 5.16 Å². The number of likely N-dealkylation sites (N-methyl/N-ethyl adjacent to an activating group) is 1. The number of carbonyl (C=O) groups excluding carboxylic acids is 1. The number of imidazole rings is 1. The molecule has 6 heteroatoms. The van der Waals surface area contributed by atoms with Crippen molar-refractivity contribution in [2.24, 2.45) is 0 Å². The highest BCUT2D eigenvalue weighted by atomic mass is 32.2. The van der Waals surface area contributed by atoms with Gasteiger partial charge < -0.3 is 9.80 Å². The van der Waals surface area contributed by atoms with Crippen molar-refractivity contribution in [1.29, 1.82) is 0 Å². The Labute approximate surface area is 160 Å². The summed E-state index contributed by atoms with van der Waals surface area (Å²) in [7, 11) is 0. The third kappa shape index (κ3) is 3.96. The maximum atomic E-state index is 12.8. The number of hydrogen-bond donors (Lipinski definition) is 0. The van der Waals surface area contributed by atoms with Crippen LogP contribution >= 0.6 is 11.8 Å². The fraction of sp³-hybridized carbons (Fsp3) is 0.500. The van der Waals surface area contributed by atoms with Crippen LogP contribution in [0.15, 0.2) is 35.7 Å². The predicted octanol–water partition coefficient (Wildman–Crippen LogP) is 3.13. The van der Waals surface area contributed by atoms with Gasteiger partial charge in [-0.1, -0.05) is 30.8 Å². The van der Waals surface area contributed by atoms with Gasteiger partial charge >= 0.3 is 0 Å². The second kappa shape index (κ2) is 8.27. The van der Waals surface area contributed by atoms with Gasteiger partial charge in [-0.2, -0.15) is 0 Å². The molecule has 26 heavy (non-hydrogen) atoms. The lowest BCUT2D eigenvalue weighted by atomic mass is 10.1. The van der Waals surface area contributed by atoms with Crippen LogP contribution in [0.25, 0.3) is 5.69 Å². The quantitative estimate of drug-likeness (QED) is 0.756. The molecule has 2 heterocycles. The van der Waals surface area contributed by atoms with Crippen LogP contribution in [0, 0.1) is 13.8 Å². The Bertz CT molecular complexity index is 765. The van der Waals surface area contributed by atoms with Crippen LogP contribution in [0.1, 0.15) is 25.0 Å². The molecule has 1 fully saturated rings. The van der Waals surface area contributed by atoms with E-state index in [4.69, 9.17) is 0 Å². The molecule has 1 aliphatic heterocycles. The number of nitrogens with zero attached hydrogens (tertiary/aromatic N) is 4. The number of benzene rings is 1. The van der Waals surface area contributed by atoms with Gasteiger partial charge in [-0.25, -0.2) is 4.98 Å². The molecule has 1 atom stereocenters. The number of rotatable bonds is 5. The number of carbonyl (C=O) groups is 1. The number of hydrogen-bond acceptors (Lipinski definition) is 4. The van der Waals surface area contributed by atoms with Crippen LogP contribution in [-0.2, 0) is 4.79 Å². The zero-order valence-corrected chi connectivity index (χ0v) is 16.9. The molecule has 0 spiro atoms. The Kier molecular flexibility index (Phi) is 6.04. The van der Waals surface area contributed by atoms with Gasteiger partial charge in [-0.3, -0.25) is 9.36 Å². The molecule has 0 bridgehead atoms. The number of aryl methyl sites for hydroxylation is 1. The summed E-state index contributed by atoms with van der Waals surface area (Å²) in [6.45, 7) is 13.0. The average Bonchev–Trinajstić information content (AvgIpc) is 3.11. The van der Waals surface area contributed by atoms with Gasteiger partial charge in [0.1, 0.15) is 0 Å². The lowest BCUT2D eigenvalue weighted by molar-refractivity contribution is -0.132. The standard InChI is InChI=1S/C20H28N4OS/c1-5-22-11-13-23(14-12-22)19(25)17(4)26-20-21-9-10-24(20)18-8-6-7-15(2)16(18)3/h6-10,17H,5,11-14H2,1-4H3. The van der Waals surface area contributed by atoms with E-state index in [-0.39, 0.29) is 11.2 Å². The molecule has 0 radical (unpaired) electrons. The SMILES string of the molecule is CCN1CCN(C(=O)C(C)Sc2nccn2-c2cccc(C)c2C)CC1. The molecule has 0 N–H and O–H groups in total. The summed E-state index contributed by atoms with van der Waals surface area (Å²) in [4.78, 5) is 21.7. The van der Waals surface area contributed by atoms with E-state index in [0.717, 1.165) is 43.6 Å². The van der Waals surface area contributed by atoms with E-state index in [9.17, 15) is 4.79 Å². The van der Waals surface area contributed by atoms with Crippen LogP contribution in [0.5, 0.6) is 0 Å². The second-order valence-electron chi connectivity index (χ2n) is 6.82. The van der Waals surface area contributed by atoms with Crippen LogP contribution in [-0.4, -0.2) is 63.2 Å². The number of amides is 1. The van der Waals surface area contributed by atoms with Crippen LogP contribution < -0.4 is 0 Å². The maximum absolute atomic E-state index is 12.8. The van der Waals surface area contributed by atoms with Crippen LogP contribution in [0.2, 0.25) is 0 Å². The number of piperazine rings is 1. The van der Waals surface area contributed by atoms with Crippen LogP contribution in [0.4, 0.5) is 0 Å². The molecule has 1 aliphatic rings. The van der Waals surface area contributed by atoms with Gasteiger partial charge in [0, 0.05) is 38.6 Å². The molecule has 0 aliphatic carbocycles. The van der Waals surface area contributed by atoms with E-state index in [1.54, 1.807) is 18.0 Å². The van der Waals surface area contributed by atoms with Crippen molar-refractivity contribution in [3.05, 3.63) is 41.7 Å². The topological polar surface area (TPSA) is 41.4 Å². The molecular formula is C20H28N4OS. The Balaban J connectivity index is 1.71. The Hall–Kier alpha value is -1.79. The van der Waals surface area contributed by atoms with Crippen molar-refractivity contribution >= 4 is 17.7 Å². The summed E-state index contributed by atoms with van der Waals surface area (Å²) in [6.07, 6.45) is 3.78. The first-order chi connectivity index (χ1) is 12.5. The lowest BCUT2D eigenvalue weighted by Gasteiger charge is -2.35. The first-order valence-corrected chi connectivity index (χ1v) is 10.2. The summed E-state index contributed by atoms with van der Waals surface area (Å²) in [6, 6.07) is 6.28. The molecule has 140 valence electrons. The van der Waals surface area contributed by atoms with E-state index in [1.165, 1.54) is 11.1 Å². The van der Waals surface area contributed by atoms with Crippen LogP contribution in [0.3, 0.4) is 0 Å². The minimum Gasteiger partial charge on any atom is -0.339 e. The minimum atomic E-state index is -0.144. The third-order valence-corrected chi connectivity index (χ3v) is 6.27. The fourth-order valence-corrected chi connectivity index (χ4v) is 4.27. The Morgan fingerprint density at radius 2 is 1.96 bits per heavy atom. The molecule has 5 nitrogen and oxygen atoms in total. The van der Waals surface area contributed by atoms with Crippen molar-refractivity contribution in [2.75, 3.05) is 32.7 Å². The molecule has 0 saturated carbocycles. The first kappa shape index (κ1) is 19.0. The number of aromatic nitrogens is 2. The van der Waals surface area contributed by atoms with E-state index in [2.05, 4.69) is 53.4 Å². The minimum absolute atomic E-state index is 0.144. The third-order valence-electron chi connectivity index (χ3n) is 5.20.